The fraction of sp³-hybridized carbons (Fsp3) is 0.158. The molecule has 3 rings (SSSR count). The molecule has 2 aromatic heterocycles. The van der Waals surface area contributed by atoms with Crippen molar-refractivity contribution in [1.82, 2.24) is 9.97 Å². The average molecular weight is 305 g/mol. The summed E-state index contributed by atoms with van der Waals surface area (Å²) in [5.74, 6) is -0.0717. The van der Waals surface area contributed by atoms with E-state index >= 15 is 0 Å². The molecule has 0 saturated heterocycles. The van der Waals surface area contributed by atoms with Crippen molar-refractivity contribution in [2.45, 2.75) is 20.8 Å². The normalized spacial score (nSPS) is 10.6. The molecular weight excluding hydrogens is 286 g/mol. The molecule has 4 nitrogen and oxygen atoms in total. The maximum absolute atomic E-state index is 12.3. The highest BCUT2D eigenvalue weighted by atomic mass is 16.1. The van der Waals surface area contributed by atoms with Crippen molar-refractivity contribution in [2.24, 2.45) is 0 Å². The number of hydrogen-bond donors (Lipinski definition) is 2. The van der Waals surface area contributed by atoms with Crippen molar-refractivity contribution in [1.29, 1.82) is 0 Å². The van der Waals surface area contributed by atoms with Gasteiger partial charge in [-0.05, 0) is 44.5 Å². The van der Waals surface area contributed by atoms with Crippen LogP contribution in [0.15, 0.2) is 60.1 Å². The van der Waals surface area contributed by atoms with E-state index in [1.165, 1.54) is 0 Å². The smallest absolute Gasteiger partial charge is 0.251 e. The lowest BCUT2D eigenvalue weighted by Crippen LogP contribution is -2.13. The van der Waals surface area contributed by atoms with Gasteiger partial charge in [0, 0.05) is 35.1 Å². The number of aromatic amines is 1. The lowest BCUT2D eigenvalue weighted by molar-refractivity contribution is -0.112. The van der Waals surface area contributed by atoms with Gasteiger partial charge in [0.25, 0.3) is 5.91 Å². The van der Waals surface area contributed by atoms with Crippen molar-refractivity contribution in [3.8, 4) is 11.1 Å². The minimum Gasteiger partial charge on any atom is -0.359 e. The molecule has 0 aliphatic carbocycles. The molecule has 4 heteroatoms. The van der Waals surface area contributed by atoms with E-state index in [4.69, 9.17) is 0 Å². The van der Waals surface area contributed by atoms with Gasteiger partial charge < -0.3 is 10.3 Å². The molecule has 0 radical (unpaired) electrons. The fourth-order valence-electron chi connectivity index (χ4n) is 2.47. The molecule has 23 heavy (non-hydrogen) atoms. The van der Waals surface area contributed by atoms with Gasteiger partial charge in [-0.3, -0.25) is 9.78 Å². The number of anilines is 1. The predicted molar refractivity (Wildman–Crippen MR) is 94.2 cm³/mol. The first-order valence-electron chi connectivity index (χ1n) is 7.54. The summed E-state index contributed by atoms with van der Waals surface area (Å²) in [5, 5.41) is 4.06. The van der Waals surface area contributed by atoms with Crippen molar-refractivity contribution in [3.63, 3.8) is 0 Å². The quantitative estimate of drug-likeness (QED) is 0.699. The summed E-state index contributed by atoms with van der Waals surface area (Å²) in [6.07, 6.45) is 5.51. The molecule has 0 aliphatic heterocycles. The third-order valence-electron chi connectivity index (χ3n) is 4.05. The number of carbonyl (C=O) groups is 1. The molecule has 0 aliphatic rings. The first kappa shape index (κ1) is 15.0. The second-order valence-electron chi connectivity index (χ2n) is 5.75. The van der Waals surface area contributed by atoms with E-state index in [2.05, 4.69) is 15.3 Å². The standard InChI is InChI=1S/C19H19N3O/c1-12(2)13(3)19(23)22-17-6-4-5-15-16(11-21-18(15)17)14-7-9-20-10-8-14/h4-11,21H,1-3H3,(H,22,23). The zero-order valence-corrected chi connectivity index (χ0v) is 13.5. The molecule has 0 bridgehead atoms. The number of fused-ring (bicyclic) bond motifs is 1. The Morgan fingerprint density at radius 3 is 2.52 bits per heavy atom. The Kier molecular flexibility index (Phi) is 3.98. The van der Waals surface area contributed by atoms with E-state index in [-0.39, 0.29) is 5.91 Å². The van der Waals surface area contributed by atoms with Crippen LogP contribution in [0.1, 0.15) is 20.8 Å². The minimum atomic E-state index is -0.0717. The number of para-hydroxylation sites is 1. The highest BCUT2D eigenvalue weighted by Gasteiger charge is 2.12. The van der Waals surface area contributed by atoms with E-state index in [0.717, 1.165) is 38.9 Å². The Hall–Kier alpha value is -2.88. The number of nitrogens with zero attached hydrogens (tertiary/aromatic N) is 1. The van der Waals surface area contributed by atoms with Crippen LogP contribution in [0.2, 0.25) is 0 Å². The maximum Gasteiger partial charge on any atom is 0.251 e. The van der Waals surface area contributed by atoms with Crippen LogP contribution in [-0.4, -0.2) is 15.9 Å². The molecule has 0 unspecified atom stereocenters. The second-order valence-corrected chi connectivity index (χ2v) is 5.75. The number of amides is 1. The Morgan fingerprint density at radius 1 is 1.09 bits per heavy atom. The maximum atomic E-state index is 12.3. The molecule has 2 heterocycles. The van der Waals surface area contributed by atoms with Gasteiger partial charge >= 0.3 is 0 Å². The predicted octanol–water partition coefficient (Wildman–Crippen LogP) is 4.52. The Balaban J connectivity index is 2.03. The SMILES string of the molecule is CC(C)=C(C)C(=O)Nc1cccc2c(-c3ccncc3)c[nH]c12. The van der Waals surface area contributed by atoms with Crippen LogP contribution < -0.4 is 5.32 Å². The second kappa shape index (κ2) is 6.08. The molecule has 3 aromatic rings. The molecule has 0 saturated carbocycles. The van der Waals surface area contributed by atoms with Crippen LogP contribution >= 0.6 is 0 Å². The van der Waals surface area contributed by atoms with E-state index in [1.54, 1.807) is 12.4 Å². The Bertz CT molecular complexity index is 887. The first-order chi connectivity index (χ1) is 11.1. The number of aromatic nitrogens is 2. The van der Waals surface area contributed by atoms with E-state index in [0.29, 0.717) is 0 Å². The number of benzene rings is 1. The molecule has 0 atom stereocenters. The molecule has 116 valence electrons. The summed E-state index contributed by atoms with van der Waals surface area (Å²) >= 11 is 0. The number of carbonyl (C=O) groups excluding carboxylic acids is 1. The van der Waals surface area contributed by atoms with Crippen LogP contribution in [0.4, 0.5) is 5.69 Å². The molecule has 0 fully saturated rings. The number of allylic oxidation sites excluding steroid dienone is 1. The van der Waals surface area contributed by atoms with Crippen LogP contribution in [0, 0.1) is 0 Å². The van der Waals surface area contributed by atoms with Gasteiger partial charge in [-0.2, -0.15) is 0 Å². The summed E-state index contributed by atoms with van der Waals surface area (Å²) in [6, 6.07) is 9.85. The van der Waals surface area contributed by atoms with Crippen LogP contribution in [0.25, 0.3) is 22.0 Å². The van der Waals surface area contributed by atoms with Crippen molar-refractivity contribution < 1.29 is 4.79 Å². The zero-order valence-electron chi connectivity index (χ0n) is 13.5. The Morgan fingerprint density at radius 2 is 1.83 bits per heavy atom. The fourth-order valence-corrected chi connectivity index (χ4v) is 2.47. The van der Waals surface area contributed by atoms with Crippen molar-refractivity contribution in [3.05, 3.63) is 60.1 Å². The van der Waals surface area contributed by atoms with Gasteiger partial charge in [0.1, 0.15) is 0 Å². The average Bonchev–Trinajstić information content (AvgIpc) is 3.00. The molecule has 1 aromatic carbocycles. The molecular formula is C19H19N3O. The summed E-state index contributed by atoms with van der Waals surface area (Å²) in [6.45, 7) is 5.71. The van der Waals surface area contributed by atoms with Crippen molar-refractivity contribution in [2.75, 3.05) is 5.32 Å². The number of rotatable bonds is 3. The number of pyridine rings is 1. The highest BCUT2D eigenvalue weighted by Crippen LogP contribution is 2.32. The van der Waals surface area contributed by atoms with Gasteiger partial charge in [-0.1, -0.05) is 17.7 Å². The third kappa shape index (κ3) is 2.88. The largest absolute Gasteiger partial charge is 0.359 e. The molecule has 0 spiro atoms. The van der Waals surface area contributed by atoms with Gasteiger partial charge in [-0.15, -0.1) is 0 Å². The van der Waals surface area contributed by atoms with Gasteiger partial charge in [-0.25, -0.2) is 0 Å². The summed E-state index contributed by atoms with van der Waals surface area (Å²) in [5.41, 5.74) is 5.65. The lowest BCUT2D eigenvalue weighted by Gasteiger charge is -2.08. The lowest BCUT2D eigenvalue weighted by atomic mass is 10.1. The minimum absolute atomic E-state index is 0.0717. The van der Waals surface area contributed by atoms with Crippen molar-refractivity contribution >= 4 is 22.5 Å². The third-order valence-corrected chi connectivity index (χ3v) is 4.05. The van der Waals surface area contributed by atoms with Crippen LogP contribution in [0.3, 0.4) is 0 Å². The van der Waals surface area contributed by atoms with Crippen LogP contribution in [-0.2, 0) is 4.79 Å². The van der Waals surface area contributed by atoms with Gasteiger partial charge in [0.05, 0.1) is 11.2 Å². The van der Waals surface area contributed by atoms with E-state index in [1.807, 2.05) is 57.3 Å². The summed E-state index contributed by atoms with van der Waals surface area (Å²) < 4.78 is 0. The summed E-state index contributed by atoms with van der Waals surface area (Å²) in [7, 11) is 0. The van der Waals surface area contributed by atoms with Gasteiger partial charge in [0.15, 0.2) is 0 Å². The first-order valence-corrected chi connectivity index (χ1v) is 7.54. The zero-order chi connectivity index (χ0) is 16.4. The van der Waals surface area contributed by atoms with E-state index < -0.39 is 0 Å². The monoisotopic (exact) mass is 305 g/mol. The molecule has 2 N–H and O–H groups in total. The summed E-state index contributed by atoms with van der Waals surface area (Å²) in [4.78, 5) is 19.6. The van der Waals surface area contributed by atoms with Gasteiger partial charge in [0.2, 0.25) is 0 Å². The van der Waals surface area contributed by atoms with E-state index in [9.17, 15) is 4.79 Å². The topological polar surface area (TPSA) is 57.8 Å². The number of nitrogens with one attached hydrogen (secondary N) is 2. The van der Waals surface area contributed by atoms with Crippen LogP contribution in [0.5, 0.6) is 0 Å². The molecule has 1 amide bonds. The number of H-pyrrole nitrogens is 1. The number of hydrogen-bond acceptors (Lipinski definition) is 2. The highest BCUT2D eigenvalue weighted by molar-refractivity contribution is 6.10. The Labute approximate surface area is 135 Å².